The summed E-state index contributed by atoms with van der Waals surface area (Å²) >= 11 is 6.31. The van der Waals surface area contributed by atoms with Crippen LogP contribution in [-0.2, 0) is 6.42 Å². The van der Waals surface area contributed by atoms with E-state index in [9.17, 15) is 4.79 Å². The number of piperidine rings is 1. The highest BCUT2D eigenvalue weighted by molar-refractivity contribution is 6.33. The van der Waals surface area contributed by atoms with Gasteiger partial charge in [0.15, 0.2) is 0 Å². The molecule has 9 nitrogen and oxygen atoms in total. The topological polar surface area (TPSA) is 121 Å². The number of benzene rings is 1. The van der Waals surface area contributed by atoms with Crippen molar-refractivity contribution < 1.29 is 9.90 Å². The SMILES string of the molecule is C=Nc1cc(-c2ccc(C(=O)O)cc2Cl)ncc1N(N)C1CCN(c2ncc(CC)cn2)CC1. The second kappa shape index (κ2) is 10.1. The highest BCUT2D eigenvalue weighted by atomic mass is 35.5. The molecule has 1 aliphatic rings. The Bertz CT molecular complexity index is 1190. The number of nitrogens with zero attached hydrogens (tertiary/aromatic N) is 6. The number of rotatable bonds is 7. The Morgan fingerprint density at radius 1 is 1.24 bits per heavy atom. The Hall–Kier alpha value is -3.56. The van der Waals surface area contributed by atoms with Crippen LogP contribution in [0.5, 0.6) is 0 Å². The fourth-order valence-electron chi connectivity index (χ4n) is 4.00. The van der Waals surface area contributed by atoms with Gasteiger partial charge in [-0.3, -0.25) is 9.98 Å². The summed E-state index contributed by atoms with van der Waals surface area (Å²) in [5, 5.41) is 11.1. The number of carboxylic acid groups (broad SMARTS) is 1. The minimum Gasteiger partial charge on any atom is -0.478 e. The Morgan fingerprint density at radius 3 is 2.53 bits per heavy atom. The smallest absolute Gasteiger partial charge is 0.335 e. The number of carbonyl (C=O) groups is 1. The van der Waals surface area contributed by atoms with Crippen LogP contribution >= 0.6 is 11.6 Å². The molecule has 1 aliphatic heterocycles. The van der Waals surface area contributed by atoms with Crippen LogP contribution in [-0.4, -0.2) is 51.9 Å². The van der Waals surface area contributed by atoms with Gasteiger partial charge in [0.25, 0.3) is 0 Å². The number of aromatic nitrogens is 3. The quantitative estimate of drug-likeness (QED) is 0.294. The molecule has 0 radical (unpaired) electrons. The number of aromatic carboxylic acids is 1. The van der Waals surface area contributed by atoms with Gasteiger partial charge in [0.05, 0.1) is 33.9 Å². The molecule has 0 atom stereocenters. The van der Waals surface area contributed by atoms with Gasteiger partial charge < -0.3 is 15.0 Å². The molecule has 0 amide bonds. The van der Waals surface area contributed by atoms with Crippen molar-refractivity contribution in [1.82, 2.24) is 15.0 Å². The van der Waals surface area contributed by atoms with E-state index in [1.165, 1.54) is 12.1 Å². The van der Waals surface area contributed by atoms with E-state index in [1.807, 2.05) is 12.4 Å². The number of pyridine rings is 1. The first-order valence-electron chi connectivity index (χ1n) is 11.0. The van der Waals surface area contributed by atoms with Crippen molar-refractivity contribution in [3.05, 3.63) is 59.0 Å². The summed E-state index contributed by atoms with van der Waals surface area (Å²) in [5.74, 6) is 6.20. The lowest BCUT2D eigenvalue weighted by Gasteiger charge is -2.37. The van der Waals surface area contributed by atoms with Gasteiger partial charge in [0.1, 0.15) is 0 Å². The average molecular weight is 480 g/mol. The standard InChI is InChI=1S/C24H26ClN7O2/c1-3-15-12-29-24(30-13-15)31-8-6-17(7-9-31)32(26)22-14-28-20(11-21(22)27-2)18-5-4-16(23(33)34)10-19(18)25/h4-5,10-14,17H,2-3,6-9,26H2,1H3,(H,33,34). The van der Waals surface area contributed by atoms with Crippen LogP contribution in [0.3, 0.4) is 0 Å². The van der Waals surface area contributed by atoms with Crippen LogP contribution in [0.25, 0.3) is 11.3 Å². The van der Waals surface area contributed by atoms with Crippen molar-refractivity contribution in [3.8, 4) is 11.3 Å². The van der Waals surface area contributed by atoms with E-state index >= 15 is 0 Å². The van der Waals surface area contributed by atoms with Crippen molar-refractivity contribution in [1.29, 1.82) is 0 Å². The Morgan fingerprint density at radius 2 is 1.94 bits per heavy atom. The lowest BCUT2D eigenvalue weighted by Crippen LogP contribution is -2.48. The molecule has 10 heteroatoms. The van der Waals surface area contributed by atoms with Crippen LogP contribution in [0.1, 0.15) is 35.7 Å². The number of nitrogens with two attached hydrogens (primary N) is 1. The molecule has 0 saturated carbocycles. The lowest BCUT2D eigenvalue weighted by atomic mass is 10.0. The third kappa shape index (κ3) is 4.85. The van der Waals surface area contributed by atoms with E-state index in [0.29, 0.717) is 27.7 Å². The molecule has 34 heavy (non-hydrogen) atoms. The van der Waals surface area contributed by atoms with Gasteiger partial charge >= 0.3 is 5.97 Å². The number of carboxylic acids is 1. The molecule has 1 aromatic carbocycles. The second-order valence-electron chi connectivity index (χ2n) is 8.09. The van der Waals surface area contributed by atoms with E-state index in [2.05, 4.69) is 38.5 Å². The lowest BCUT2D eigenvalue weighted by molar-refractivity contribution is 0.0697. The molecule has 0 bridgehead atoms. The van der Waals surface area contributed by atoms with Crippen molar-refractivity contribution in [3.63, 3.8) is 0 Å². The van der Waals surface area contributed by atoms with Crippen molar-refractivity contribution in [2.45, 2.75) is 32.2 Å². The maximum Gasteiger partial charge on any atom is 0.335 e. The number of halogens is 1. The summed E-state index contributed by atoms with van der Waals surface area (Å²) in [5.41, 5.74) is 3.63. The van der Waals surface area contributed by atoms with Crippen LogP contribution in [0.4, 0.5) is 17.3 Å². The second-order valence-corrected chi connectivity index (χ2v) is 8.49. The molecule has 3 aromatic rings. The average Bonchev–Trinajstić information content (AvgIpc) is 2.88. The predicted octanol–water partition coefficient (Wildman–Crippen LogP) is 4.13. The Labute approximate surface area is 202 Å². The van der Waals surface area contributed by atoms with Crippen LogP contribution < -0.4 is 15.8 Å². The number of hydrogen-bond acceptors (Lipinski definition) is 8. The fraction of sp³-hybridized carbons (Fsp3) is 0.292. The fourth-order valence-corrected chi connectivity index (χ4v) is 4.28. The zero-order valence-electron chi connectivity index (χ0n) is 18.9. The number of anilines is 2. The maximum atomic E-state index is 11.2. The summed E-state index contributed by atoms with van der Waals surface area (Å²) in [6.07, 6.45) is 7.98. The molecule has 4 rings (SSSR count). The molecule has 3 N–H and O–H groups in total. The first kappa shape index (κ1) is 23.6. The summed E-state index contributed by atoms with van der Waals surface area (Å²) in [7, 11) is 0. The molecule has 0 aliphatic carbocycles. The number of aryl methyl sites for hydroxylation is 1. The van der Waals surface area contributed by atoms with Crippen LogP contribution in [0.2, 0.25) is 5.02 Å². The van der Waals surface area contributed by atoms with Crippen LogP contribution in [0, 0.1) is 0 Å². The van der Waals surface area contributed by atoms with Gasteiger partial charge in [-0.15, -0.1) is 0 Å². The van der Waals surface area contributed by atoms with E-state index in [1.54, 1.807) is 23.3 Å². The maximum absolute atomic E-state index is 11.2. The van der Waals surface area contributed by atoms with Gasteiger partial charge in [-0.25, -0.2) is 20.6 Å². The van der Waals surface area contributed by atoms with E-state index < -0.39 is 5.97 Å². The molecule has 2 aromatic heterocycles. The first-order valence-corrected chi connectivity index (χ1v) is 11.4. The van der Waals surface area contributed by atoms with Gasteiger partial charge in [-0.1, -0.05) is 24.6 Å². The van der Waals surface area contributed by atoms with Crippen molar-refractivity contribution in [2.75, 3.05) is 23.0 Å². The third-order valence-electron chi connectivity index (χ3n) is 6.04. The van der Waals surface area contributed by atoms with Gasteiger partial charge in [-0.2, -0.15) is 0 Å². The first-order chi connectivity index (χ1) is 16.4. The van der Waals surface area contributed by atoms with Crippen LogP contribution in [0.15, 0.2) is 47.8 Å². The zero-order chi connectivity index (χ0) is 24.2. The van der Waals surface area contributed by atoms with Gasteiger partial charge in [0, 0.05) is 37.1 Å². The monoisotopic (exact) mass is 479 g/mol. The number of aliphatic imine (C=N–C) groups is 1. The largest absolute Gasteiger partial charge is 0.478 e. The molecule has 176 valence electrons. The number of hydrazine groups is 1. The molecular formula is C24H26ClN7O2. The van der Waals surface area contributed by atoms with E-state index in [4.69, 9.17) is 22.6 Å². The zero-order valence-corrected chi connectivity index (χ0v) is 19.6. The van der Waals surface area contributed by atoms with E-state index in [-0.39, 0.29) is 11.6 Å². The minimum atomic E-state index is -1.04. The molecule has 3 heterocycles. The molecule has 0 spiro atoms. The minimum absolute atomic E-state index is 0.0951. The highest BCUT2D eigenvalue weighted by Gasteiger charge is 2.26. The molecule has 1 fully saturated rings. The van der Waals surface area contributed by atoms with E-state index in [0.717, 1.165) is 43.9 Å². The highest BCUT2D eigenvalue weighted by Crippen LogP contribution is 2.35. The Balaban J connectivity index is 1.49. The number of hydrogen-bond donors (Lipinski definition) is 2. The summed E-state index contributed by atoms with van der Waals surface area (Å²) < 4.78 is 0. The Kier molecular flexibility index (Phi) is 7.04. The van der Waals surface area contributed by atoms with Gasteiger partial charge in [0.2, 0.25) is 5.95 Å². The third-order valence-corrected chi connectivity index (χ3v) is 6.36. The molecular weight excluding hydrogens is 454 g/mol. The molecule has 1 saturated heterocycles. The van der Waals surface area contributed by atoms with Crippen molar-refractivity contribution in [2.24, 2.45) is 10.8 Å². The molecule has 0 unspecified atom stereocenters. The predicted molar refractivity (Wildman–Crippen MR) is 134 cm³/mol. The summed E-state index contributed by atoms with van der Waals surface area (Å²) in [4.78, 5) is 31.0. The summed E-state index contributed by atoms with van der Waals surface area (Å²) in [6.45, 7) is 7.34. The van der Waals surface area contributed by atoms with Crippen molar-refractivity contribution >= 4 is 41.6 Å². The normalized spacial score (nSPS) is 14.1. The van der Waals surface area contributed by atoms with Gasteiger partial charge in [-0.05, 0) is 49.7 Å². The summed E-state index contributed by atoms with van der Waals surface area (Å²) in [6, 6.07) is 6.37.